The van der Waals surface area contributed by atoms with Crippen molar-refractivity contribution in [1.82, 2.24) is 9.88 Å². The average molecular weight is 229 g/mol. The van der Waals surface area contributed by atoms with Crippen molar-refractivity contribution in [3.63, 3.8) is 0 Å². The van der Waals surface area contributed by atoms with Crippen LogP contribution in [0, 0.1) is 0 Å². The van der Waals surface area contributed by atoms with Crippen molar-refractivity contribution in [2.24, 2.45) is 0 Å². The third-order valence-corrected chi connectivity index (χ3v) is 2.64. The van der Waals surface area contributed by atoms with Gasteiger partial charge in [-0.15, -0.1) is 0 Å². The Labute approximate surface area is 93.4 Å². The molecule has 2 rings (SSSR count). The Hall–Kier alpha value is -0.840. The number of pyridine rings is 1. The average Bonchev–Trinajstić information content (AvgIpc) is 2.18. The highest BCUT2D eigenvalue weighted by Crippen LogP contribution is 2.22. The Morgan fingerprint density at radius 1 is 1.60 bits per heavy atom. The monoisotopic (exact) mass is 228 g/mol. The molecule has 0 amide bonds. The van der Waals surface area contributed by atoms with E-state index in [1.54, 1.807) is 13.2 Å². The van der Waals surface area contributed by atoms with Gasteiger partial charge in [-0.05, 0) is 12.1 Å². The maximum atomic E-state index is 9.16. The van der Waals surface area contributed by atoms with E-state index in [9.17, 15) is 0 Å². The number of nitrogens with zero attached hydrogens (tertiary/aromatic N) is 2. The first-order chi connectivity index (χ1) is 7.19. The minimum absolute atomic E-state index is 0.184. The topological polar surface area (TPSA) is 45.6 Å². The summed E-state index contributed by atoms with van der Waals surface area (Å²) in [6.45, 7) is 2.17. The molecule has 0 aliphatic carbocycles. The molecule has 0 saturated carbocycles. The molecule has 5 heteroatoms. The normalized spacial score (nSPS) is 17.5. The second-order valence-corrected chi connectivity index (χ2v) is 4.04. The Kier molecular flexibility index (Phi) is 3.09. The van der Waals surface area contributed by atoms with Crippen LogP contribution < -0.4 is 4.74 Å². The molecule has 0 atom stereocenters. The zero-order valence-electron chi connectivity index (χ0n) is 8.48. The summed E-state index contributed by atoms with van der Waals surface area (Å²) < 4.78 is 5.14. The molecule has 1 aliphatic rings. The summed E-state index contributed by atoms with van der Waals surface area (Å²) in [5.74, 6) is 0.559. The Balaban J connectivity index is 2.07. The highest BCUT2D eigenvalue weighted by Gasteiger charge is 2.25. The standard InChI is InChI=1S/C10H13ClN2O2/c1-15-10-7(2-3-9(11)12-10)4-13-5-8(14)6-13/h2-3,8,14H,4-6H2,1H3. The molecule has 15 heavy (non-hydrogen) atoms. The van der Waals surface area contributed by atoms with Gasteiger partial charge in [0.25, 0.3) is 0 Å². The number of halogens is 1. The highest BCUT2D eigenvalue weighted by molar-refractivity contribution is 6.29. The van der Waals surface area contributed by atoms with Crippen LogP contribution in [0.2, 0.25) is 5.15 Å². The SMILES string of the molecule is COc1nc(Cl)ccc1CN1CC(O)C1. The molecule has 4 nitrogen and oxygen atoms in total. The fourth-order valence-electron chi connectivity index (χ4n) is 1.66. The molecule has 1 aromatic heterocycles. The van der Waals surface area contributed by atoms with Crippen molar-refractivity contribution < 1.29 is 9.84 Å². The van der Waals surface area contributed by atoms with Gasteiger partial charge in [0.15, 0.2) is 0 Å². The maximum absolute atomic E-state index is 9.16. The maximum Gasteiger partial charge on any atom is 0.219 e. The van der Waals surface area contributed by atoms with E-state index in [0.29, 0.717) is 24.1 Å². The summed E-state index contributed by atoms with van der Waals surface area (Å²) in [6.07, 6.45) is -0.184. The lowest BCUT2D eigenvalue weighted by Crippen LogP contribution is -2.49. The summed E-state index contributed by atoms with van der Waals surface area (Å²) in [4.78, 5) is 6.20. The Morgan fingerprint density at radius 2 is 2.33 bits per heavy atom. The Morgan fingerprint density at radius 3 is 2.93 bits per heavy atom. The van der Waals surface area contributed by atoms with Crippen molar-refractivity contribution in [2.75, 3.05) is 20.2 Å². The molecule has 82 valence electrons. The molecule has 1 aromatic rings. The zero-order valence-corrected chi connectivity index (χ0v) is 9.24. The molecule has 0 aromatic carbocycles. The second-order valence-electron chi connectivity index (χ2n) is 3.65. The Bertz CT molecular complexity index is 353. The second kappa shape index (κ2) is 4.35. The summed E-state index contributed by atoms with van der Waals surface area (Å²) >= 11 is 5.76. The van der Waals surface area contributed by atoms with Gasteiger partial charge in [0, 0.05) is 25.2 Å². The molecule has 2 heterocycles. The number of likely N-dealkylation sites (tertiary alicyclic amines) is 1. The first-order valence-electron chi connectivity index (χ1n) is 4.79. The van der Waals surface area contributed by atoms with Gasteiger partial charge in [0.05, 0.1) is 13.2 Å². The molecule has 1 saturated heterocycles. The van der Waals surface area contributed by atoms with Crippen molar-refractivity contribution >= 4 is 11.6 Å². The molecular weight excluding hydrogens is 216 g/mol. The van der Waals surface area contributed by atoms with Gasteiger partial charge in [-0.3, -0.25) is 4.90 Å². The van der Waals surface area contributed by atoms with Gasteiger partial charge in [-0.25, -0.2) is 4.98 Å². The molecule has 0 spiro atoms. The number of aromatic nitrogens is 1. The van der Waals surface area contributed by atoms with Gasteiger partial charge < -0.3 is 9.84 Å². The molecule has 0 radical (unpaired) electrons. The van der Waals surface area contributed by atoms with Crippen LogP contribution in [0.25, 0.3) is 0 Å². The van der Waals surface area contributed by atoms with Crippen molar-refractivity contribution in [3.8, 4) is 5.88 Å². The number of hydrogen-bond acceptors (Lipinski definition) is 4. The lowest BCUT2D eigenvalue weighted by atomic mass is 10.1. The predicted octanol–water partition coefficient (Wildman–Crippen LogP) is 0.920. The highest BCUT2D eigenvalue weighted by atomic mass is 35.5. The van der Waals surface area contributed by atoms with Crippen LogP contribution in [0.1, 0.15) is 5.56 Å². The van der Waals surface area contributed by atoms with E-state index in [0.717, 1.165) is 12.1 Å². The third kappa shape index (κ3) is 2.40. The number of aliphatic hydroxyl groups is 1. The number of β-amino-alcohol motifs (C(OH)–C–C–N with tert-alkyl or cyclic N) is 1. The van der Waals surface area contributed by atoms with Gasteiger partial charge >= 0.3 is 0 Å². The van der Waals surface area contributed by atoms with E-state index in [1.165, 1.54) is 0 Å². The van der Waals surface area contributed by atoms with Crippen LogP contribution >= 0.6 is 11.6 Å². The zero-order chi connectivity index (χ0) is 10.8. The molecule has 1 aliphatic heterocycles. The van der Waals surface area contributed by atoms with Crippen LogP contribution in [-0.4, -0.2) is 41.3 Å². The number of ether oxygens (including phenoxy) is 1. The molecular formula is C10H13ClN2O2. The first-order valence-corrected chi connectivity index (χ1v) is 5.16. The quantitative estimate of drug-likeness (QED) is 0.782. The van der Waals surface area contributed by atoms with E-state index in [4.69, 9.17) is 21.4 Å². The molecule has 1 fully saturated rings. The van der Waals surface area contributed by atoms with Gasteiger partial charge in [0.1, 0.15) is 5.15 Å². The van der Waals surface area contributed by atoms with E-state index in [-0.39, 0.29) is 6.10 Å². The van der Waals surface area contributed by atoms with Crippen LogP contribution in [0.3, 0.4) is 0 Å². The van der Waals surface area contributed by atoms with Crippen LogP contribution in [-0.2, 0) is 6.54 Å². The lowest BCUT2D eigenvalue weighted by molar-refractivity contribution is -0.00330. The summed E-state index contributed by atoms with van der Waals surface area (Å²) in [5, 5.41) is 9.59. The number of aliphatic hydroxyl groups excluding tert-OH is 1. The number of hydrogen-bond donors (Lipinski definition) is 1. The van der Waals surface area contributed by atoms with Crippen molar-refractivity contribution in [3.05, 3.63) is 22.8 Å². The number of rotatable bonds is 3. The van der Waals surface area contributed by atoms with E-state index in [2.05, 4.69) is 9.88 Å². The van der Waals surface area contributed by atoms with Crippen LogP contribution in [0.5, 0.6) is 5.88 Å². The molecule has 1 N–H and O–H groups in total. The fraction of sp³-hybridized carbons (Fsp3) is 0.500. The van der Waals surface area contributed by atoms with Gasteiger partial charge in [-0.2, -0.15) is 0 Å². The summed E-state index contributed by atoms with van der Waals surface area (Å²) in [6, 6.07) is 3.65. The summed E-state index contributed by atoms with van der Waals surface area (Å²) in [7, 11) is 1.58. The van der Waals surface area contributed by atoms with Crippen LogP contribution in [0.4, 0.5) is 0 Å². The van der Waals surface area contributed by atoms with Crippen LogP contribution in [0.15, 0.2) is 12.1 Å². The fourth-order valence-corrected chi connectivity index (χ4v) is 1.80. The predicted molar refractivity (Wildman–Crippen MR) is 57.1 cm³/mol. The van der Waals surface area contributed by atoms with Crippen molar-refractivity contribution in [2.45, 2.75) is 12.6 Å². The largest absolute Gasteiger partial charge is 0.481 e. The molecule has 0 unspecified atom stereocenters. The minimum Gasteiger partial charge on any atom is -0.481 e. The van der Waals surface area contributed by atoms with E-state index < -0.39 is 0 Å². The van der Waals surface area contributed by atoms with Gasteiger partial charge in [0.2, 0.25) is 5.88 Å². The summed E-state index contributed by atoms with van der Waals surface area (Å²) in [5.41, 5.74) is 0.994. The van der Waals surface area contributed by atoms with Crippen molar-refractivity contribution in [1.29, 1.82) is 0 Å². The first kappa shape index (κ1) is 10.7. The molecule has 0 bridgehead atoms. The lowest BCUT2D eigenvalue weighted by Gasteiger charge is -2.35. The number of methoxy groups -OCH3 is 1. The minimum atomic E-state index is -0.184. The van der Waals surface area contributed by atoms with E-state index >= 15 is 0 Å². The van der Waals surface area contributed by atoms with Gasteiger partial charge in [-0.1, -0.05) is 11.6 Å². The van der Waals surface area contributed by atoms with E-state index in [1.807, 2.05) is 6.07 Å². The third-order valence-electron chi connectivity index (χ3n) is 2.43. The smallest absolute Gasteiger partial charge is 0.219 e.